The van der Waals surface area contributed by atoms with Gasteiger partial charge >= 0.3 is 0 Å². The molecule has 0 N–H and O–H groups in total. The molecule has 2 amide bonds. The lowest BCUT2D eigenvalue weighted by molar-refractivity contribution is -0.143. The highest BCUT2D eigenvalue weighted by atomic mass is 16.2. The minimum absolute atomic E-state index is 0.0473. The van der Waals surface area contributed by atoms with Gasteiger partial charge in [0.05, 0.1) is 16.7 Å². The van der Waals surface area contributed by atoms with Crippen LogP contribution in [-0.2, 0) is 10.2 Å². The van der Waals surface area contributed by atoms with E-state index in [1.807, 2.05) is 37.3 Å². The molecule has 1 aliphatic heterocycles. The molecule has 4 rings (SSSR count). The van der Waals surface area contributed by atoms with Crippen molar-refractivity contribution in [3.05, 3.63) is 65.5 Å². The molecule has 1 saturated heterocycles. The summed E-state index contributed by atoms with van der Waals surface area (Å²) < 4.78 is 0. The lowest BCUT2D eigenvalue weighted by Crippen LogP contribution is -2.49. The van der Waals surface area contributed by atoms with Crippen LogP contribution >= 0.6 is 0 Å². The Balaban J connectivity index is 1.61. The van der Waals surface area contributed by atoms with Crippen molar-refractivity contribution in [1.29, 1.82) is 0 Å². The van der Waals surface area contributed by atoms with Crippen molar-refractivity contribution in [3.8, 4) is 0 Å². The molecule has 1 aromatic carbocycles. The molecular formula is C20H21N3O2. The maximum absolute atomic E-state index is 13.3. The van der Waals surface area contributed by atoms with Crippen LogP contribution in [0.3, 0.4) is 0 Å². The molecule has 2 aromatic rings. The maximum Gasteiger partial charge on any atom is 0.274 e. The first kappa shape index (κ1) is 15.8. The molecule has 1 aromatic heterocycles. The molecular weight excluding hydrogens is 314 g/mol. The number of carbonyl (C=O) groups is 2. The Bertz CT molecular complexity index is 815. The smallest absolute Gasteiger partial charge is 0.272 e. The summed E-state index contributed by atoms with van der Waals surface area (Å²) in [6.45, 7) is 2.99. The number of aromatic nitrogens is 1. The molecule has 1 aliphatic carbocycles. The summed E-state index contributed by atoms with van der Waals surface area (Å²) in [5.41, 5.74) is 1.85. The monoisotopic (exact) mass is 335 g/mol. The first-order chi connectivity index (χ1) is 12.1. The van der Waals surface area contributed by atoms with Gasteiger partial charge in [0.15, 0.2) is 0 Å². The summed E-state index contributed by atoms with van der Waals surface area (Å²) in [4.78, 5) is 30.4. The van der Waals surface area contributed by atoms with Gasteiger partial charge in [0, 0.05) is 19.3 Å². The Morgan fingerprint density at radius 1 is 1.00 bits per heavy atom. The summed E-state index contributed by atoms with van der Waals surface area (Å²) in [5, 5.41) is 3.27. The van der Waals surface area contributed by atoms with Crippen molar-refractivity contribution >= 4 is 11.8 Å². The minimum Gasteiger partial charge on any atom is -0.272 e. The van der Waals surface area contributed by atoms with E-state index in [4.69, 9.17) is 0 Å². The second kappa shape index (κ2) is 5.99. The van der Waals surface area contributed by atoms with Crippen molar-refractivity contribution in [2.75, 3.05) is 13.1 Å². The van der Waals surface area contributed by atoms with E-state index in [1.54, 1.807) is 28.3 Å². The zero-order valence-electron chi connectivity index (χ0n) is 14.3. The number of nitrogens with zero attached hydrogens (tertiary/aromatic N) is 3. The largest absolute Gasteiger partial charge is 0.274 e. The normalized spacial score (nSPS) is 18.3. The lowest BCUT2D eigenvalue weighted by atomic mass is 9.95. The first-order valence-electron chi connectivity index (χ1n) is 8.74. The van der Waals surface area contributed by atoms with E-state index in [-0.39, 0.29) is 11.8 Å². The summed E-state index contributed by atoms with van der Waals surface area (Å²) in [5.74, 6) is -0.0913. The van der Waals surface area contributed by atoms with Gasteiger partial charge in [-0.1, -0.05) is 30.3 Å². The van der Waals surface area contributed by atoms with Crippen LogP contribution in [0.2, 0.25) is 0 Å². The van der Waals surface area contributed by atoms with E-state index < -0.39 is 5.41 Å². The van der Waals surface area contributed by atoms with Gasteiger partial charge in [-0.25, -0.2) is 5.01 Å². The van der Waals surface area contributed by atoms with Gasteiger partial charge in [0.25, 0.3) is 11.8 Å². The number of pyridine rings is 1. The highest BCUT2D eigenvalue weighted by molar-refractivity contribution is 5.98. The average Bonchev–Trinajstić information content (AvgIpc) is 3.32. The molecule has 1 saturated carbocycles. The minimum atomic E-state index is -0.450. The van der Waals surface area contributed by atoms with Crippen LogP contribution < -0.4 is 0 Å². The maximum atomic E-state index is 13.3. The zero-order chi connectivity index (χ0) is 17.4. The van der Waals surface area contributed by atoms with Crippen LogP contribution in [-0.4, -0.2) is 39.9 Å². The fraction of sp³-hybridized carbons (Fsp3) is 0.350. The molecule has 0 radical (unpaired) electrons. The van der Waals surface area contributed by atoms with Crippen LogP contribution in [0, 0.1) is 6.92 Å². The van der Waals surface area contributed by atoms with Crippen LogP contribution in [0.5, 0.6) is 0 Å². The molecule has 0 atom stereocenters. The Hall–Kier alpha value is -2.69. The Kier molecular flexibility index (Phi) is 3.79. The summed E-state index contributed by atoms with van der Waals surface area (Å²) in [6.07, 6.45) is 4.18. The number of hydrazine groups is 1. The van der Waals surface area contributed by atoms with Crippen LogP contribution in [0.4, 0.5) is 0 Å². The molecule has 0 spiro atoms. The van der Waals surface area contributed by atoms with E-state index in [1.165, 1.54) is 0 Å². The zero-order valence-corrected chi connectivity index (χ0v) is 14.3. The Morgan fingerprint density at radius 3 is 2.40 bits per heavy atom. The fourth-order valence-electron chi connectivity index (χ4n) is 3.64. The third kappa shape index (κ3) is 2.60. The molecule has 5 nitrogen and oxygen atoms in total. The number of rotatable bonds is 3. The highest BCUT2D eigenvalue weighted by Gasteiger charge is 2.54. The number of carbonyl (C=O) groups excluding carboxylic acids is 2. The topological polar surface area (TPSA) is 53.5 Å². The highest BCUT2D eigenvalue weighted by Crippen LogP contribution is 2.50. The molecule has 2 fully saturated rings. The third-order valence-electron chi connectivity index (χ3n) is 5.22. The van der Waals surface area contributed by atoms with Crippen LogP contribution in [0.25, 0.3) is 0 Å². The van der Waals surface area contributed by atoms with Crippen molar-refractivity contribution < 1.29 is 9.59 Å². The summed E-state index contributed by atoms with van der Waals surface area (Å²) in [6, 6.07) is 13.4. The predicted octanol–water partition coefficient (Wildman–Crippen LogP) is 2.71. The molecule has 25 heavy (non-hydrogen) atoms. The number of amides is 2. The van der Waals surface area contributed by atoms with E-state index in [0.29, 0.717) is 24.3 Å². The SMILES string of the molecule is Cc1ncccc1C(=O)N1CCCN1C(=O)C1(c2ccccc2)CC1. The van der Waals surface area contributed by atoms with E-state index in [2.05, 4.69) is 4.98 Å². The quantitative estimate of drug-likeness (QED) is 0.867. The molecule has 2 heterocycles. The Morgan fingerprint density at radius 2 is 1.72 bits per heavy atom. The summed E-state index contributed by atoms with van der Waals surface area (Å²) in [7, 11) is 0. The molecule has 0 unspecified atom stereocenters. The van der Waals surface area contributed by atoms with Gasteiger partial charge in [-0.15, -0.1) is 0 Å². The molecule has 128 valence electrons. The van der Waals surface area contributed by atoms with Crippen LogP contribution in [0.1, 0.15) is 40.9 Å². The summed E-state index contributed by atoms with van der Waals surface area (Å²) >= 11 is 0. The first-order valence-corrected chi connectivity index (χ1v) is 8.74. The van der Waals surface area contributed by atoms with Gasteiger partial charge in [-0.3, -0.25) is 19.6 Å². The average molecular weight is 335 g/mol. The van der Waals surface area contributed by atoms with Gasteiger partial charge in [-0.05, 0) is 43.9 Å². The predicted molar refractivity (Wildman–Crippen MR) is 93.7 cm³/mol. The van der Waals surface area contributed by atoms with Crippen molar-refractivity contribution in [3.63, 3.8) is 0 Å². The van der Waals surface area contributed by atoms with Gasteiger partial charge in [0.1, 0.15) is 0 Å². The van der Waals surface area contributed by atoms with E-state index >= 15 is 0 Å². The number of hydrogen-bond acceptors (Lipinski definition) is 3. The third-order valence-corrected chi connectivity index (χ3v) is 5.22. The lowest BCUT2D eigenvalue weighted by Gasteiger charge is -2.31. The van der Waals surface area contributed by atoms with Gasteiger partial charge < -0.3 is 0 Å². The second-order valence-electron chi connectivity index (χ2n) is 6.79. The van der Waals surface area contributed by atoms with Crippen molar-refractivity contribution in [1.82, 2.24) is 15.0 Å². The number of hydrogen-bond donors (Lipinski definition) is 0. The van der Waals surface area contributed by atoms with Gasteiger partial charge in [-0.2, -0.15) is 0 Å². The van der Waals surface area contributed by atoms with E-state index in [9.17, 15) is 9.59 Å². The van der Waals surface area contributed by atoms with E-state index in [0.717, 1.165) is 24.8 Å². The van der Waals surface area contributed by atoms with Crippen molar-refractivity contribution in [2.45, 2.75) is 31.6 Å². The standard InChI is InChI=1S/C20H21N3O2/c1-15-17(9-5-12-21-15)18(24)22-13-6-14-23(22)19(25)20(10-11-20)16-7-3-2-4-8-16/h2-5,7-9,12H,6,10-11,13-14H2,1H3. The Labute approximate surface area is 147 Å². The second-order valence-corrected chi connectivity index (χ2v) is 6.79. The van der Waals surface area contributed by atoms with Crippen molar-refractivity contribution in [2.24, 2.45) is 0 Å². The fourth-order valence-corrected chi connectivity index (χ4v) is 3.64. The van der Waals surface area contributed by atoms with Crippen LogP contribution in [0.15, 0.2) is 48.7 Å². The molecule has 5 heteroatoms. The van der Waals surface area contributed by atoms with Gasteiger partial charge in [0.2, 0.25) is 0 Å². The number of benzene rings is 1. The number of aryl methyl sites for hydroxylation is 1. The molecule has 2 aliphatic rings. The molecule has 0 bridgehead atoms.